The number of carboxylic acid groups (broad SMARTS) is 1. The van der Waals surface area contributed by atoms with E-state index in [-0.39, 0.29) is 11.5 Å². The number of amides is 1. The number of aromatic nitrogens is 4. The van der Waals surface area contributed by atoms with Crippen molar-refractivity contribution in [3.63, 3.8) is 0 Å². The molecule has 1 aliphatic heterocycles. The zero-order chi connectivity index (χ0) is 18.6. The van der Waals surface area contributed by atoms with Gasteiger partial charge >= 0.3 is 5.97 Å². The van der Waals surface area contributed by atoms with Gasteiger partial charge in [-0.2, -0.15) is 15.2 Å². The highest BCUT2D eigenvalue weighted by Gasteiger charge is 2.39. The predicted octanol–water partition coefficient (Wildman–Crippen LogP) is 0.837. The van der Waals surface area contributed by atoms with Crippen molar-refractivity contribution in [1.29, 1.82) is 0 Å². The molecule has 10 heteroatoms. The van der Waals surface area contributed by atoms with Crippen LogP contribution in [-0.2, 0) is 11.2 Å². The summed E-state index contributed by atoms with van der Waals surface area (Å²) in [4.78, 5) is 31.0. The second kappa shape index (κ2) is 7.26. The monoisotopic (exact) mass is 355 g/mol. The first-order chi connectivity index (χ1) is 12.5. The van der Waals surface area contributed by atoms with Crippen LogP contribution in [0.4, 0.5) is 0 Å². The number of rotatable bonds is 9. The van der Waals surface area contributed by atoms with E-state index in [0.29, 0.717) is 50.3 Å². The number of hydrogen-bond acceptors (Lipinski definition) is 7. The highest BCUT2D eigenvalue weighted by atomic mass is 16.4. The Bertz CT molecular complexity index is 906. The lowest BCUT2D eigenvalue weighted by molar-refractivity contribution is -0.121. The normalized spacial score (nSPS) is 14.1. The third-order valence-corrected chi connectivity index (χ3v) is 3.96. The summed E-state index contributed by atoms with van der Waals surface area (Å²) in [5.74, 6) is 2.14. The van der Waals surface area contributed by atoms with Crippen LogP contribution < -0.4 is 5.32 Å². The Morgan fingerprint density at radius 3 is 2.85 bits per heavy atom. The Morgan fingerprint density at radius 1 is 1.35 bits per heavy atom. The van der Waals surface area contributed by atoms with E-state index in [4.69, 9.17) is 11.5 Å². The first kappa shape index (κ1) is 17.5. The number of terminal acetylenes is 1. The Morgan fingerprint density at radius 2 is 2.15 bits per heavy atom. The van der Waals surface area contributed by atoms with Gasteiger partial charge in [0.2, 0.25) is 5.91 Å². The maximum atomic E-state index is 11.9. The van der Waals surface area contributed by atoms with Crippen LogP contribution in [0.2, 0.25) is 0 Å². The van der Waals surface area contributed by atoms with E-state index >= 15 is 0 Å². The number of aromatic carboxylic acids is 1. The minimum Gasteiger partial charge on any atom is -0.478 e. The number of carbonyl (C=O) groups is 2. The Labute approximate surface area is 148 Å². The molecule has 2 N–H and O–H groups in total. The predicted molar refractivity (Wildman–Crippen MR) is 89.3 cm³/mol. The molecule has 1 aliphatic rings. The molecule has 0 aromatic carbocycles. The van der Waals surface area contributed by atoms with Crippen molar-refractivity contribution in [2.24, 2.45) is 10.2 Å². The average Bonchev–Trinajstić information content (AvgIpc) is 3.28. The topological polar surface area (TPSA) is 134 Å². The van der Waals surface area contributed by atoms with Crippen LogP contribution in [0.3, 0.4) is 0 Å². The van der Waals surface area contributed by atoms with Gasteiger partial charge in [0.1, 0.15) is 0 Å². The van der Waals surface area contributed by atoms with E-state index in [0.717, 1.165) is 0 Å². The first-order valence-electron chi connectivity index (χ1n) is 8.10. The van der Waals surface area contributed by atoms with Gasteiger partial charge in [-0.25, -0.2) is 14.3 Å². The molecule has 134 valence electrons. The van der Waals surface area contributed by atoms with Crippen molar-refractivity contribution in [1.82, 2.24) is 24.9 Å². The molecule has 0 atom stereocenters. The van der Waals surface area contributed by atoms with Gasteiger partial charge < -0.3 is 10.4 Å². The van der Waals surface area contributed by atoms with Gasteiger partial charge in [-0.1, -0.05) is 0 Å². The molecule has 0 fully saturated rings. The van der Waals surface area contributed by atoms with Crippen LogP contribution in [0.25, 0.3) is 5.78 Å². The molecule has 3 rings (SSSR count). The summed E-state index contributed by atoms with van der Waals surface area (Å²) in [7, 11) is 0. The highest BCUT2D eigenvalue weighted by Crippen LogP contribution is 2.37. The SMILES string of the molecule is C#CCCC1(CCC(=O)NCCc2nc3ncc(C(=O)O)cn3n2)N=N1. The van der Waals surface area contributed by atoms with E-state index in [1.807, 2.05) is 0 Å². The molecule has 2 aromatic rings. The summed E-state index contributed by atoms with van der Waals surface area (Å²) in [5.41, 5.74) is -0.433. The molecule has 3 heterocycles. The summed E-state index contributed by atoms with van der Waals surface area (Å²) in [5, 5.41) is 23.9. The largest absolute Gasteiger partial charge is 0.478 e. The fourth-order valence-corrected chi connectivity index (χ4v) is 2.43. The molecule has 0 radical (unpaired) electrons. The summed E-state index contributed by atoms with van der Waals surface area (Å²) in [6, 6.07) is 0. The Kier molecular flexibility index (Phi) is 4.88. The van der Waals surface area contributed by atoms with Gasteiger partial charge in [0.05, 0.1) is 5.56 Å². The van der Waals surface area contributed by atoms with Crippen molar-refractivity contribution >= 4 is 17.7 Å². The van der Waals surface area contributed by atoms with Gasteiger partial charge in [-0.15, -0.1) is 17.4 Å². The smallest absolute Gasteiger partial charge is 0.338 e. The highest BCUT2D eigenvalue weighted by molar-refractivity contribution is 5.86. The van der Waals surface area contributed by atoms with Crippen LogP contribution in [0.15, 0.2) is 22.6 Å². The minimum atomic E-state index is -1.09. The van der Waals surface area contributed by atoms with E-state index < -0.39 is 11.6 Å². The zero-order valence-electron chi connectivity index (χ0n) is 13.9. The zero-order valence-corrected chi connectivity index (χ0v) is 13.9. The fourth-order valence-electron chi connectivity index (χ4n) is 2.43. The molecule has 10 nitrogen and oxygen atoms in total. The molecular formula is C16H17N7O3. The third-order valence-electron chi connectivity index (χ3n) is 3.96. The van der Waals surface area contributed by atoms with Crippen LogP contribution in [0.1, 0.15) is 41.9 Å². The van der Waals surface area contributed by atoms with Crippen LogP contribution >= 0.6 is 0 Å². The first-order valence-corrected chi connectivity index (χ1v) is 8.10. The maximum absolute atomic E-state index is 11.9. The van der Waals surface area contributed by atoms with Gasteiger partial charge in [0, 0.05) is 51.0 Å². The number of carboxylic acids is 1. The summed E-state index contributed by atoms with van der Waals surface area (Å²) in [6.45, 7) is 0.368. The van der Waals surface area contributed by atoms with Gasteiger partial charge in [0.25, 0.3) is 5.78 Å². The quantitative estimate of drug-likeness (QED) is 0.640. The number of fused-ring (bicyclic) bond motifs is 1. The molecule has 0 aliphatic carbocycles. The molecule has 0 bridgehead atoms. The van der Waals surface area contributed by atoms with E-state index in [1.165, 1.54) is 16.9 Å². The molecule has 1 amide bonds. The number of nitrogens with one attached hydrogen (secondary N) is 1. The molecular weight excluding hydrogens is 338 g/mol. The van der Waals surface area contributed by atoms with Crippen molar-refractivity contribution in [2.75, 3.05) is 6.54 Å². The lowest BCUT2D eigenvalue weighted by Crippen LogP contribution is -2.27. The van der Waals surface area contributed by atoms with Crippen LogP contribution in [-0.4, -0.2) is 48.8 Å². The summed E-state index contributed by atoms with van der Waals surface area (Å²) < 4.78 is 1.31. The van der Waals surface area contributed by atoms with Gasteiger partial charge in [-0.05, 0) is 0 Å². The molecule has 0 spiro atoms. The van der Waals surface area contributed by atoms with Crippen molar-refractivity contribution in [3.05, 3.63) is 23.8 Å². The lowest BCUT2D eigenvalue weighted by Gasteiger charge is -2.08. The second-order valence-corrected chi connectivity index (χ2v) is 5.91. The van der Waals surface area contributed by atoms with Gasteiger partial charge in [-0.3, -0.25) is 4.79 Å². The van der Waals surface area contributed by atoms with Crippen molar-refractivity contribution in [2.45, 2.75) is 37.8 Å². The number of nitrogens with zero attached hydrogens (tertiary/aromatic N) is 6. The van der Waals surface area contributed by atoms with Crippen molar-refractivity contribution < 1.29 is 14.7 Å². The third kappa shape index (κ3) is 4.18. The standard InChI is InChI=1S/C16H17N7O3/c1-2-3-6-16(21-22-16)7-4-13(24)17-8-5-12-19-15-18-9-11(14(25)26)10-23(15)20-12/h1,9-10H,3-8H2,(H,17,24)(H,25,26). The maximum Gasteiger partial charge on any atom is 0.338 e. The Hall–Kier alpha value is -3.35. The second-order valence-electron chi connectivity index (χ2n) is 5.91. The number of hydrogen-bond donors (Lipinski definition) is 2. The van der Waals surface area contributed by atoms with E-state index in [9.17, 15) is 9.59 Å². The molecule has 0 saturated heterocycles. The summed E-state index contributed by atoms with van der Waals surface area (Å²) >= 11 is 0. The van der Waals surface area contributed by atoms with Crippen molar-refractivity contribution in [3.8, 4) is 12.3 Å². The fraction of sp³-hybridized carbons (Fsp3) is 0.438. The minimum absolute atomic E-state index is 0.0249. The lowest BCUT2D eigenvalue weighted by atomic mass is 10.0. The molecule has 0 unspecified atom stereocenters. The van der Waals surface area contributed by atoms with Crippen LogP contribution in [0.5, 0.6) is 0 Å². The van der Waals surface area contributed by atoms with E-state index in [1.54, 1.807) is 0 Å². The Balaban J connectivity index is 1.44. The molecule has 26 heavy (non-hydrogen) atoms. The summed E-state index contributed by atoms with van der Waals surface area (Å²) in [6.07, 6.45) is 10.3. The number of carbonyl (C=O) groups excluding carboxylic acids is 1. The average molecular weight is 355 g/mol. The molecule has 2 aromatic heterocycles. The molecule has 0 saturated carbocycles. The van der Waals surface area contributed by atoms with Gasteiger partial charge in [0.15, 0.2) is 11.5 Å². The van der Waals surface area contributed by atoms with Crippen LogP contribution in [0, 0.1) is 12.3 Å². The van der Waals surface area contributed by atoms with E-state index in [2.05, 4.69) is 36.5 Å².